The Morgan fingerprint density at radius 1 is 1.44 bits per heavy atom. The summed E-state index contributed by atoms with van der Waals surface area (Å²) >= 11 is 0. The van der Waals surface area contributed by atoms with Gasteiger partial charge in [-0.2, -0.15) is 0 Å². The maximum atomic E-state index is 11.1. The monoisotopic (exact) mass is 225 g/mol. The summed E-state index contributed by atoms with van der Waals surface area (Å²) in [5, 5.41) is 9.16. The average molecular weight is 225 g/mol. The minimum Gasteiger partial charge on any atom is -0.481 e. The second-order valence-electron chi connectivity index (χ2n) is 5.93. The fourth-order valence-electron chi connectivity index (χ4n) is 2.66. The number of carbonyl (C=O) groups is 1. The molecule has 1 saturated heterocycles. The summed E-state index contributed by atoms with van der Waals surface area (Å²) in [4.78, 5) is 13.6. The van der Waals surface area contributed by atoms with Crippen LogP contribution in [0.3, 0.4) is 0 Å². The summed E-state index contributed by atoms with van der Waals surface area (Å²) in [6, 6.07) is 0.644. The molecule has 0 bridgehead atoms. The van der Waals surface area contributed by atoms with Crippen molar-refractivity contribution in [3.63, 3.8) is 0 Å². The number of nitrogens with zero attached hydrogens (tertiary/aromatic N) is 1. The highest BCUT2D eigenvalue weighted by Crippen LogP contribution is 2.37. The Morgan fingerprint density at radius 3 is 2.44 bits per heavy atom. The van der Waals surface area contributed by atoms with Crippen molar-refractivity contribution in [3.8, 4) is 0 Å². The fraction of sp³-hybridized carbons (Fsp3) is 0.923. The van der Waals surface area contributed by atoms with Gasteiger partial charge in [-0.25, -0.2) is 0 Å². The summed E-state index contributed by atoms with van der Waals surface area (Å²) in [7, 11) is 0. The molecule has 1 heterocycles. The molecule has 1 saturated carbocycles. The van der Waals surface area contributed by atoms with Crippen molar-refractivity contribution in [2.45, 2.75) is 52.0 Å². The molecule has 1 atom stereocenters. The highest BCUT2D eigenvalue weighted by atomic mass is 16.4. The van der Waals surface area contributed by atoms with E-state index in [2.05, 4.69) is 11.8 Å². The highest BCUT2D eigenvalue weighted by molar-refractivity contribution is 5.74. The summed E-state index contributed by atoms with van der Waals surface area (Å²) in [5.74, 6) is 0.338. The van der Waals surface area contributed by atoms with Gasteiger partial charge in [-0.05, 0) is 52.1 Å². The van der Waals surface area contributed by atoms with Crippen LogP contribution in [0, 0.1) is 11.3 Å². The van der Waals surface area contributed by atoms with Gasteiger partial charge in [0.15, 0.2) is 0 Å². The van der Waals surface area contributed by atoms with Gasteiger partial charge < -0.3 is 10.0 Å². The zero-order valence-electron chi connectivity index (χ0n) is 10.4. The van der Waals surface area contributed by atoms with Crippen LogP contribution in [0.4, 0.5) is 0 Å². The lowest BCUT2D eigenvalue weighted by molar-refractivity contribution is -0.151. The molecule has 3 heteroatoms. The zero-order chi connectivity index (χ0) is 11.8. The van der Waals surface area contributed by atoms with Gasteiger partial charge in [-0.15, -0.1) is 0 Å². The van der Waals surface area contributed by atoms with Crippen LogP contribution in [0.5, 0.6) is 0 Å². The Morgan fingerprint density at radius 2 is 2.00 bits per heavy atom. The van der Waals surface area contributed by atoms with E-state index in [0.717, 1.165) is 31.8 Å². The van der Waals surface area contributed by atoms with Gasteiger partial charge in [0.05, 0.1) is 5.41 Å². The molecule has 92 valence electrons. The van der Waals surface area contributed by atoms with Crippen LogP contribution >= 0.6 is 0 Å². The summed E-state index contributed by atoms with van der Waals surface area (Å²) in [6.07, 6.45) is 5.73. The number of carboxylic acids is 1. The molecule has 1 N–H and O–H groups in total. The van der Waals surface area contributed by atoms with Gasteiger partial charge in [0.25, 0.3) is 0 Å². The molecule has 0 spiro atoms. The van der Waals surface area contributed by atoms with Crippen LogP contribution in [0.25, 0.3) is 0 Å². The van der Waals surface area contributed by atoms with Gasteiger partial charge in [-0.3, -0.25) is 4.79 Å². The number of hydrogen-bond donors (Lipinski definition) is 1. The first kappa shape index (κ1) is 11.9. The van der Waals surface area contributed by atoms with Gasteiger partial charge >= 0.3 is 5.97 Å². The third-order valence-corrected chi connectivity index (χ3v) is 4.41. The number of rotatable bonds is 4. The summed E-state index contributed by atoms with van der Waals surface area (Å²) < 4.78 is 0. The van der Waals surface area contributed by atoms with Crippen molar-refractivity contribution in [1.29, 1.82) is 0 Å². The third-order valence-electron chi connectivity index (χ3n) is 4.41. The van der Waals surface area contributed by atoms with Gasteiger partial charge in [0, 0.05) is 6.04 Å². The molecular weight excluding hydrogens is 202 g/mol. The van der Waals surface area contributed by atoms with E-state index < -0.39 is 11.4 Å². The SMILES string of the molecule is CC(CC1CC1)N1CCC(C)(C(=O)O)CC1. The number of carboxylic acid groups (broad SMARTS) is 1. The molecule has 16 heavy (non-hydrogen) atoms. The van der Waals surface area contributed by atoms with E-state index in [4.69, 9.17) is 5.11 Å². The molecule has 3 nitrogen and oxygen atoms in total. The van der Waals surface area contributed by atoms with Gasteiger partial charge in [0.1, 0.15) is 0 Å². The average Bonchev–Trinajstić information content (AvgIpc) is 3.02. The van der Waals surface area contributed by atoms with E-state index in [9.17, 15) is 4.79 Å². The number of likely N-dealkylation sites (tertiary alicyclic amines) is 1. The lowest BCUT2D eigenvalue weighted by atomic mass is 9.80. The minimum atomic E-state index is -0.623. The molecule has 2 aliphatic rings. The number of hydrogen-bond acceptors (Lipinski definition) is 2. The Labute approximate surface area is 97.8 Å². The normalized spacial score (nSPS) is 27.6. The molecule has 2 fully saturated rings. The van der Waals surface area contributed by atoms with Crippen LogP contribution in [-0.2, 0) is 4.79 Å². The topological polar surface area (TPSA) is 40.5 Å². The quantitative estimate of drug-likeness (QED) is 0.798. The smallest absolute Gasteiger partial charge is 0.309 e. The van der Waals surface area contributed by atoms with Crippen LogP contribution in [0.15, 0.2) is 0 Å². The molecule has 0 aromatic rings. The Bertz CT molecular complexity index is 265. The maximum Gasteiger partial charge on any atom is 0.309 e. The second-order valence-corrected chi connectivity index (χ2v) is 5.93. The molecule has 1 aliphatic carbocycles. The molecule has 2 rings (SSSR count). The Balaban J connectivity index is 1.81. The lowest BCUT2D eigenvalue weighted by Crippen LogP contribution is -2.46. The number of aliphatic carboxylic acids is 1. The minimum absolute atomic E-state index is 0.476. The summed E-state index contributed by atoms with van der Waals surface area (Å²) in [5.41, 5.74) is -0.476. The standard InChI is InChI=1S/C13H23NO2/c1-10(9-11-3-4-11)14-7-5-13(2,6-8-14)12(15)16/h10-11H,3-9H2,1-2H3,(H,15,16). The van der Waals surface area contributed by atoms with Gasteiger partial charge in [0.2, 0.25) is 0 Å². The lowest BCUT2D eigenvalue weighted by Gasteiger charge is -2.39. The van der Waals surface area contributed by atoms with E-state index in [1.807, 2.05) is 6.92 Å². The van der Waals surface area contributed by atoms with Crippen molar-refractivity contribution in [2.24, 2.45) is 11.3 Å². The molecule has 0 aromatic carbocycles. The maximum absolute atomic E-state index is 11.1. The largest absolute Gasteiger partial charge is 0.481 e. The molecule has 1 aliphatic heterocycles. The predicted octanol–water partition coefficient (Wildman–Crippen LogP) is 2.36. The molecule has 0 amide bonds. The van der Waals surface area contributed by atoms with E-state index in [1.165, 1.54) is 19.3 Å². The van der Waals surface area contributed by atoms with Crippen molar-refractivity contribution >= 4 is 5.97 Å². The first-order chi connectivity index (χ1) is 7.51. The van der Waals surface area contributed by atoms with E-state index in [1.54, 1.807) is 0 Å². The van der Waals surface area contributed by atoms with Crippen molar-refractivity contribution in [2.75, 3.05) is 13.1 Å². The predicted molar refractivity (Wildman–Crippen MR) is 63.4 cm³/mol. The van der Waals surface area contributed by atoms with Crippen molar-refractivity contribution in [3.05, 3.63) is 0 Å². The molecule has 0 radical (unpaired) electrons. The first-order valence-electron chi connectivity index (χ1n) is 6.49. The van der Waals surface area contributed by atoms with E-state index in [-0.39, 0.29) is 0 Å². The zero-order valence-corrected chi connectivity index (χ0v) is 10.4. The molecular formula is C13H23NO2. The Hall–Kier alpha value is -0.570. The molecule has 1 unspecified atom stereocenters. The van der Waals surface area contributed by atoms with Crippen LogP contribution in [0.1, 0.15) is 46.0 Å². The number of piperidine rings is 1. The van der Waals surface area contributed by atoms with E-state index >= 15 is 0 Å². The second kappa shape index (κ2) is 4.36. The van der Waals surface area contributed by atoms with Crippen LogP contribution < -0.4 is 0 Å². The van der Waals surface area contributed by atoms with Crippen molar-refractivity contribution < 1.29 is 9.90 Å². The third kappa shape index (κ3) is 2.57. The van der Waals surface area contributed by atoms with Crippen molar-refractivity contribution in [1.82, 2.24) is 4.90 Å². The first-order valence-corrected chi connectivity index (χ1v) is 6.49. The molecule has 0 aromatic heterocycles. The van der Waals surface area contributed by atoms with Crippen LogP contribution in [-0.4, -0.2) is 35.1 Å². The summed E-state index contributed by atoms with van der Waals surface area (Å²) in [6.45, 7) is 6.09. The fourth-order valence-corrected chi connectivity index (χ4v) is 2.66. The van der Waals surface area contributed by atoms with Crippen LogP contribution in [0.2, 0.25) is 0 Å². The van der Waals surface area contributed by atoms with E-state index in [0.29, 0.717) is 6.04 Å². The van der Waals surface area contributed by atoms with Gasteiger partial charge in [-0.1, -0.05) is 12.8 Å². The Kier molecular flexibility index (Phi) is 3.24. The highest BCUT2D eigenvalue weighted by Gasteiger charge is 2.38.